The number of nitrogens with zero attached hydrogens (tertiary/aromatic N) is 8. The summed E-state index contributed by atoms with van der Waals surface area (Å²) in [5.74, 6) is 13.7. The topological polar surface area (TPSA) is 160 Å². The predicted octanol–water partition coefficient (Wildman–Crippen LogP) is 23.8. The summed E-state index contributed by atoms with van der Waals surface area (Å²) in [5, 5.41) is 0. The van der Waals surface area contributed by atoms with Crippen LogP contribution in [-0.4, -0.2) is 19.9 Å². The van der Waals surface area contributed by atoms with Crippen molar-refractivity contribution in [1.29, 1.82) is 0 Å². The van der Waals surface area contributed by atoms with Gasteiger partial charge in [0.15, 0.2) is 0 Å². The molecule has 0 radical (unpaired) electrons. The number of benzene rings is 4. The first kappa shape index (κ1) is 81.3. The van der Waals surface area contributed by atoms with Gasteiger partial charge in [-0.3, -0.25) is 0 Å². The smallest absolute Gasteiger partial charge is 0.657 e. The summed E-state index contributed by atoms with van der Waals surface area (Å²) >= 11 is 0. The van der Waals surface area contributed by atoms with Crippen molar-refractivity contribution in [2.75, 3.05) is 11.5 Å². The maximum Gasteiger partial charge on any atom is 2.00 e. The molecule has 4 aliphatic heterocycles. The molecule has 6 aromatic heterocycles. The van der Waals surface area contributed by atoms with Crippen molar-refractivity contribution < 1.29 is 33.0 Å². The van der Waals surface area contributed by atoms with E-state index in [4.69, 9.17) is 51.3 Å². The molecule has 0 aliphatic carbocycles. The van der Waals surface area contributed by atoms with Gasteiger partial charge in [-0.25, -0.2) is 19.9 Å². The molecular formula is C100H104N10Ni2. The van der Waals surface area contributed by atoms with Crippen LogP contribution in [0.25, 0.3) is 137 Å². The Morgan fingerprint density at radius 3 is 0.670 bits per heavy atom. The van der Waals surface area contributed by atoms with E-state index >= 15 is 0 Å². The molecule has 16 bridgehead atoms. The Bertz CT molecular complexity index is 5850. The minimum absolute atomic E-state index is 0. The summed E-state index contributed by atoms with van der Waals surface area (Å²) in [4.78, 5) is 44.0. The van der Waals surface area contributed by atoms with E-state index in [2.05, 4.69) is 311 Å². The maximum atomic E-state index is 7.24. The number of hydrogen-bond acceptors (Lipinski definition) is 6. The van der Waals surface area contributed by atoms with Crippen LogP contribution in [0.4, 0.5) is 11.4 Å². The van der Waals surface area contributed by atoms with Gasteiger partial charge in [-0.05, 0) is 193 Å². The summed E-state index contributed by atoms with van der Waals surface area (Å²) in [6.07, 6.45) is 16.3. The second kappa shape index (κ2) is 29.1. The van der Waals surface area contributed by atoms with Gasteiger partial charge in [0.25, 0.3) is 0 Å². The summed E-state index contributed by atoms with van der Waals surface area (Å²) in [6, 6.07) is 44.3. The van der Waals surface area contributed by atoms with Crippen molar-refractivity contribution >= 4 is 104 Å². The number of rotatable bonds is 4. The quantitative estimate of drug-likeness (QED) is 0.128. The van der Waals surface area contributed by atoms with Gasteiger partial charge in [-0.1, -0.05) is 299 Å². The molecule has 0 amide bonds. The zero-order chi connectivity index (χ0) is 79.1. The van der Waals surface area contributed by atoms with Gasteiger partial charge in [-0.15, -0.1) is 44.1 Å². The summed E-state index contributed by atoms with van der Waals surface area (Å²) in [5.41, 5.74) is 43.3. The predicted molar refractivity (Wildman–Crippen MR) is 468 cm³/mol. The minimum Gasteiger partial charge on any atom is -0.657 e. The van der Waals surface area contributed by atoms with E-state index in [-0.39, 0.29) is 76.3 Å². The van der Waals surface area contributed by atoms with E-state index in [9.17, 15) is 0 Å². The first-order valence-electron chi connectivity index (χ1n) is 38.6. The Balaban J connectivity index is 0.00000582. The van der Waals surface area contributed by atoms with Crippen LogP contribution in [-0.2, 0) is 76.3 Å². The molecule has 4 aliphatic rings. The molecule has 4 N–H and O–H groups in total. The standard InChI is InChI=1S/C100H104N10.2Ni/c1-93(2,3)61-45-57(46-62(53-61)94(4,5)6)87-75-33-29-71(103-75)69(73-31-41-83(105-73)91(101)85-43-39-81(109-85)89(79-37-35-77(87)107-79)59-49-65(97(13,14)15)55-66(50-59)98(16,17)18)27-25-26-28-70-72-30-34-76(104-72)88(58-47-63(95(7,8)9)54-64(48-58)96(10,11)12)78-36-38-80(108-78)90(60-51-67(99(19,20)21)56-68(52-60)100(22,23)24)82-40-44-86(110-82)92(102)84-42-32-74(70)106-84;;/h29-56H,101-102H2,1-24H3;;/q-4;2*+2. The molecule has 112 heavy (non-hydrogen) atoms. The molecule has 0 spiro atoms. The average molecular weight is 1560 g/mol. The number of nitrogens with two attached hydrogens (primary N) is 2. The number of nitrogen functional groups attached to an aromatic ring is 2. The van der Waals surface area contributed by atoms with Gasteiger partial charge >= 0.3 is 33.0 Å². The van der Waals surface area contributed by atoms with E-state index in [1.54, 1.807) is 0 Å². The number of hydrogen-bond donors (Lipinski definition) is 2. The molecule has 0 atom stereocenters. The van der Waals surface area contributed by atoms with Gasteiger partial charge in [0.2, 0.25) is 0 Å². The van der Waals surface area contributed by atoms with Crippen LogP contribution in [0, 0.1) is 23.7 Å². The van der Waals surface area contributed by atoms with E-state index in [0.717, 1.165) is 89.4 Å². The molecule has 10 aromatic rings. The van der Waals surface area contributed by atoms with Gasteiger partial charge in [0, 0.05) is 22.5 Å². The van der Waals surface area contributed by atoms with Crippen LogP contribution < -0.4 is 31.4 Å². The minimum atomic E-state index is -0.181. The van der Waals surface area contributed by atoms with Crippen LogP contribution >= 0.6 is 0 Å². The largest absolute Gasteiger partial charge is 2.00 e. The summed E-state index contributed by atoms with van der Waals surface area (Å²) in [7, 11) is 0. The molecule has 574 valence electrons. The third-order valence-electron chi connectivity index (χ3n) is 21.5. The first-order valence-corrected chi connectivity index (χ1v) is 38.6. The van der Waals surface area contributed by atoms with Crippen molar-refractivity contribution in [3.63, 3.8) is 0 Å². The fourth-order valence-corrected chi connectivity index (χ4v) is 14.4. The van der Waals surface area contributed by atoms with Gasteiger partial charge in [-0.2, -0.15) is 0 Å². The van der Waals surface area contributed by atoms with Gasteiger partial charge < -0.3 is 31.4 Å². The molecule has 4 aromatic carbocycles. The number of anilines is 2. The zero-order valence-corrected chi connectivity index (χ0v) is 71.5. The Hall–Kier alpha value is -10.2. The Morgan fingerprint density at radius 2 is 0.411 bits per heavy atom. The van der Waals surface area contributed by atoms with Crippen LogP contribution in [0.15, 0.2) is 121 Å². The molecule has 0 fully saturated rings. The van der Waals surface area contributed by atoms with E-state index in [1.165, 1.54) is 44.5 Å². The maximum absolute atomic E-state index is 7.24. The molecule has 10 nitrogen and oxygen atoms in total. The van der Waals surface area contributed by atoms with Crippen molar-refractivity contribution in [1.82, 2.24) is 39.9 Å². The van der Waals surface area contributed by atoms with Crippen LogP contribution in [0.5, 0.6) is 0 Å². The van der Waals surface area contributed by atoms with E-state index < -0.39 is 0 Å². The monoisotopic (exact) mass is 1560 g/mol. The molecule has 0 saturated heterocycles. The Labute approximate surface area is 683 Å². The average Bonchev–Trinajstić information content (AvgIpc) is 1.55. The third kappa shape index (κ3) is 16.3. The van der Waals surface area contributed by atoms with Crippen molar-refractivity contribution in [2.24, 2.45) is 0 Å². The SMILES string of the molecule is CC(C)(C)c1cc(-c2c3nc(c(-c4cc(C(C)(C)C)cc(C(C)(C)C)c4)c4ccc([n-]4)c(C#CC#Cc4c5nc(c(-c6cc(C(C)(C)C)cc(C(C)(C)C)c6)c6ccc([n-]6)c(-c6cc(C(C)(C)C)cc(C(C)(C)C)c6)c6nc(c(N)c7ccc4[n-]7)C=C6)C=C5)c4nc(c(N)c5ccc2[n-]5)C=C4)C=C3)cc(C(C)(C)C)c1.[Ni+2].[Ni+2]. The van der Waals surface area contributed by atoms with Crippen LogP contribution in [0.3, 0.4) is 0 Å². The molecular weight excluding hydrogens is 1460 g/mol. The second-order valence-corrected chi connectivity index (χ2v) is 38.5. The van der Waals surface area contributed by atoms with Gasteiger partial charge in [0.1, 0.15) is 0 Å². The van der Waals surface area contributed by atoms with Crippen LogP contribution in [0.2, 0.25) is 0 Å². The molecule has 0 saturated carbocycles. The van der Waals surface area contributed by atoms with Crippen molar-refractivity contribution in [3.05, 3.63) is 223 Å². The first-order chi connectivity index (χ1) is 51.3. The summed E-state index contributed by atoms with van der Waals surface area (Å²) in [6.45, 7) is 54.5. The molecule has 14 rings (SSSR count). The molecule has 0 unspecified atom stereocenters. The van der Waals surface area contributed by atoms with Crippen LogP contribution in [0.1, 0.15) is 267 Å². The normalized spacial score (nSPS) is 13.2. The zero-order valence-electron chi connectivity index (χ0n) is 69.5. The summed E-state index contributed by atoms with van der Waals surface area (Å²) < 4.78 is 0. The molecule has 10 heterocycles. The van der Waals surface area contributed by atoms with Crippen molar-refractivity contribution in [2.45, 2.75) is 209 Å². The second-order valence-electron chi connectivity index (χ2n) is 38.5. The Morgan fingerprint density at radius 1 is 0.232 bits per heavy atom. The van der Waals surface area contributed by atoms with Crippen molar-refractivity contribution in [3.8, 4) is 68.2 Å². The number of fused-ring (bicyclic) bond motifs is 16. The fourth-order valence-electron chi connectivity index (χ4n) is 14.4. The van der Waals surface area contributed by atoms with Gasteiger partial charge in [0.05, 0.1) is 45.6 Å². The molecule has 12 heteroatoms. The van der Waals surface area contributed by atoms with E-state index in [0.29, 0.717) is 67.3 Å². The third-order valence-corrected chi connectivity index (χ3v) is 21.5. The fraction of sp³-hybridized carbons (Fsp3) is 0.320. The number of aromatic nitrogens is 8. The Kier molecular flexibility index (Phi) is 21.1. The van der Waals surface area contributed by atoms with E-state index in [1.807, 2.05) is 48.6 Å².